The molecule has 1 aromatic heterocycles. The van der Waals surface area contributed by atoms with Crippen molar-refractivity contribution in [1.29, 1.82) is 0 Å². The molecular weight excluding hydrogens is 260 g/mol. The number of anilines is 2. The van der Waals surface area contributed by atoms with Crippen LogP contribution in [0.5, 0.6) is 0 Å². The van der Waals surface area contributed by atoms with E-state index in [0.29, 0.717) is 5.82 Å². The van der Waals surface area contributed by atoms with Crippen molar-refractivity contribution in [2.45, 2.75) is 4.90 Å². The third-order valence-electron chi connectivity index (χ3n) is 2.47. The molecule has 0 fully saturated rings. The highest BCUT2D eigenvalue weighted by Gasteiger charge is 2.08. The molecule has 0 atom stereocenters. The van der Waals surface area contributed by atoms with E-state index in [2.05, 4.69) is 20.6 Å². The molecule has 1 heterocycles. The summed E-state index contributed by atoms with van der Waals surface area (Å²) in [5, 5.41) is 5.63. The number of rotatable bonds is 4. The number of nitrogens with zero attached hydrogens (tertiary/aromatic N) is 2. The Morgan fingerprint density at radius 1 is 1.21 bits per heavy atom. The Morgan fingerprint density at radius 2 is 1.95 bits per heavy atom. The van der Waals surface area contributed by atoms with E-state index in [1.165, 1.54) is 6.20 Å². The van der Waals surface area contributed by atoms with Crippen LogP contribution in [0, 0.1) is 0 Å². The van der Waals surface area contributed by atoms with Gasteiger partial charge in [0.15, 0.2) is 0 Å². The first kappa shape index (κ1) is 13.4. The van der Waals surface area contributed by atoms with E-state index in [1.54, 1.807) is 25.0 Å². The van der Waals surface area contributed by atoms with Crippen LogP contribution in [-0.4, -0.2) is 29.2 Å². The van der Waals surface area contributed by atoms with Gasteiger partial charge in [0.25, 0.3) is 5.91 Å². The Kier molecular flexibility index (Phi) is 4.35. The number of carbonyl (C=O) groups is 1. The molecule has 0 saturated heterocycles. The molecule has 0 aliphatic heterocycles. The quantitative estimate of drug-likeness (QED) is 0.838. The summed E-state index contributed by atoms with van der Waals surface area (Å²) >= 11 is 1.65. The molecule has 0 bridgehead atoms. The van der Waals surface area contributed by atoms with E-state index in [-0.39, 0.29) is 11.6 Å². The molecule has 2 aromatic rings. The smallest absolute Gasteiger partial charge is 0.275 e. The fourth-order valence-electron chi connectivity index (χ4n) is 1.47. The molecule has 0 spiro atoms. The van der Waals surface area contributed by atoms with Gasteiger partial charge in [0.2, 0.25) is 0 Å². The van der Waals surface area contributed by atoms with Crippen molar-refractivity contribution in [3.63, 3.8) is 0 Å². The van der Waals surface area contributed by atoms with Gasteiger partial charge in [-0.2, -0.15) is 0 Å². The number of hydrogen-bond acceptors (Lipinski definition) is 5. The molecule has 0 aliphatic carbocycles. The molecule has 6 heteroatoms. The Morgan fingerprint density at radius 3 is 2.58 bits per heavy atom. The van der Waals surface area contributed by atoms with Crippen LogP contribution >= 0.6 is 11.8 Å². The van der Waals surface area contributed by atoms with Gasteiger partial charge in [-0.05, 0) is 30.5 Å². The number of amides is 1. The lowest BCUT2D eigenvalue weighted by Gasteiger charge is -2.06. The van der Waals surface area contributed by atoms with E-state index in [1.807, 2.05) is 30.5 Å². The van der Waals surface area contributed by atoms with Crippen molar-refractivity contribution in [3.05, 3.63) is 42.4 Å². The second-order valence-corrected chi connectivity index (χ2v) is 4.60. The van der Waals surface area contributed by atoms with Gasteiger partial charge in [0, 0.05) is 17.6 Å². The SMILES string of the molecule is CNc1cncc(C(=O)Nc2ccc(SC)cc2)n1. The van der Waals surface area contributed by atoms with Gasteiger partial charge in [-0.15, -0.1) is 11.8 Å². The van der Waals surface area contributed by atoms with Gasteiger partial charge in [-0.25, -0.2) is 4.98 Å². The Labute approximate surface area is 115 Å². The predicted octanol–water partition coefficient (Wildman–Crippen LogP) is 2.49. The minimum atomic E-state index is -0.276. The number of carbonyl (C=O) groups excluding carboxylic acids is 1. The Balaban J connectivity index is 2.11. The summed E-state index contributed by atoms with van der Waals surface area (Å²) in [5.41, 5.74) is 1.01. The van der Waals surface area contributed by atoms with Crippen molar-refractivity contribution in [3.8, 4) is 0 Å². The molecule has 0 saturated carbocycles. The standard InChI is InChI=1S/C13H14N4OS/c1-14-12-8-15-7-11(17-12)13(18)16-9-3-5-10(19-2)6-4-9/h3-8H,1-2H3,(H,14,17)(H,16,18). The fourth-order valence-corrected chi connectivity index (χ4v) is 1.87. The zero-order valence-electron chi connectivity index (χ0n) is 10.7. The number of thioether (sulfide) groups is 1. The molecule has 5 nitrogen and oxygen atoms in total. The van der Waals surface area contributed by atoms with Crippen LogP contribution < -0.4 is 10.6 Å². The van der Waals surface area contributed by atoms with Crippen LogP contribution in [0.2, 0.25) is 0 Å². The largest absolute Gasteiger partial charge is 0.372 e. The molecule has 0 unspecified atom stereocenters. The van der Waals surface area contributed by atoms with Crippen molar-refractivity contribution >= 4 is 29.2 Å². The number of aromatic nitrogens is 2. The van der Waals surface area contributed by atoms with Crippen molar-refractivity contribution in [2.75, 3.05) is 23.9 Å². The lowest BCUT2D eigenvalue weighted by atomic mass is 10.3. The number of nitrogens with one attached hydrogen (secondary N) is 2. The summed E-state index contributed by atoms with van der Waals surface area (Å²) in [6, 6.07) is 7.63. The van der Waals surface area contributed by atoms with Gasteiger partial charge in [0.05, 0.1) is 12.4 Å². The summed E-state index contributed by atoms with van der Waals surface area (Å²) in [6.07, 6.45) is 5.00. The summed E-state index contributed by atoms with van der Waals surface area (Å²) in [6.45, 7) is 0. The lowest BCUT2D eigenvalue weighted by Crippen LogP contribution is -2.14. The van der Waals surface area contributed by atoms with E-state index in [0.717, 1.165) is 10.6 Å². The zero-order valence-corrected chi connectivity index (χ0v) is 11.5. The first-order chi connectivity index (χ1) is 9.22. The first-order valence-electron chi connectivity index (χ1n) is 5.68. The molecule has 1 amide bonds. The summed E-state index contributed by atoms with van der Waals surface area (Å²) in [5.74, 6) is 0.284. The van der Waals surface area contributed by atoms with Crippen molar-refractivity contribution in [2.24, 2.45) is 0 Å². The molecular formula is C13H14N4OS. The Bertz CT molecular complexity index is 571. The third kappa shape index (κ3) is 3.45. The second-order valence-electron chi connectivity index (χ2n) is 3.72. The van der Waals surface area contributed by atoms with E-state index < -0.39 is 0 Å². The minimum Gasteiger partial charge on any atom is -0.372 e. The van der Waals surface area contributed by atoms with Gasteiger partial charge in [-0.1, -0.05) is 0 Å². The van der Waals surface area contributed by atoms with Crippen LogP contribution in [0.25, 0.3) is 0 Å². The maximum atomic E-state index is 12.0. The zero-order chi connectivity index (χ0) is 13.7. The average Bonchev–Trinajstić information content (AvgIpc) is 2.48. The van der Waals surface area contributed by atoms with Gasteiger partial charge >= 0.3 is 0 Å². The number of benzene rings is 1. The molecule has 98 valence electrons. The van der Waals surface area contributed by atoms with Crippen LogP contribution in [0.1, 0.15) is 10.5 Å². The molecule has 19 heavy (non-hydrogen) atoms. The minimum absolute atomic E-state index is 0.276. The molecule has 0 aliphatic rings. The number of hydrogen-bond donors (Lipinski definition) is 2. The fraction of sp³-hybridized carbons (Fsp3) is 0.154. The highest BCUT2D eigenvalue weighted by Crippen LogP contribution is 2.17. The predicted molar refractivity (Wildman–Crippen MR) is 77.8 cm³/mol. The molecule has 2 N–H and O–H groups in total. The monoisotopic (exact) mass is 274 g/mol. The highest BCUT2D eigenvalue weighted by atomic mass is 32.2. The highest BCUT2D eigenvalue weighted by molar-refractivity contribution is 7.98. The van der Waals surface area contributed by atoms with E-state index >= 15 is 0 Å². The van der Waals surface area contributed by atoms with Crippen molar-refractivity contribution < 1.29 is 4.79 Å². The normalized spacial score (nSPS) is 10.0. The maximum absolute atomic E-state index is 12.0. The summed E-state index contributed by atoms with van der Waals surface area (Å²) < 4.78 is 0. The van der Waals surface area contributed by atoms with Crippen molar-refractivity contribution in [1.82, 2.24) is 9.97 Å². The lowest BCUT2D eigenvalue weighted by molar-refractivity contribution is 0.102. The Hall–Kier alpha value is -2.08. The molecule has 2 rings (SSSR count). The van der Waals surface area contributed by atoms with Crippen LogP contribution in [-0.2, 0) is 0 Å². The van der Waals surface area contributed by atoms with Gasteiger partial charge < -0.3 is 10.6 Å². The van der Waals surface area contributed by atoms with E-state index in [4.69, 9.17) is 0 Å². The third-order valence-corrected chi connectivity index (χ3v) is 3.21. The second kappa shape index (κ2) is 6.19. The van der Waals surface area contributed by atoms with Crippen LogP contribution in [0.3, 0.4) is 0 Å². The first-order valence-corrected chi connectivity index (χ1v) is 6.90. The summed E-state index contributed by atoms with van der Waals surface area (Å²) in [4.78, 5) is 21.2. The van der Waals surface area contributed by atoms with Crippen LogP contribution in [0.15, 0.2) is 41.6 Å². The van der Waals surface area contributed by atoms with Gasteiger partial charge in [-0.3, -0.25) is 9.78 Å². The maximum Gasteiger partial charge on any atom is 0.275 e. The molecule has 1 aromatic carbocycles. The van der Waals surface area contributed by atoms with Crippen LogP contribution in [0.4, 0.5) is 11.5 Å². The van der Waals surface area contributed by atoms with Gasteiger partial charge in [0.1, 0.15) is 11.5 Å². The summed E-state index contributed by atoms with van der Waals surface area (Å²) in [7, 11) is 1.73. The molecule has 0 radical (unpaired) electrons. The average molecular weight is 274 g/mol. The topological polar surface area (TPSA) is 66.9 Å². The van der Waals surface area contributed by atoms with E-state index in [9.17, 15) is 4.79 Å².